The van der Waals surface area contributed by atoms with Crippen LogP contribution in [0.4, 0.5) is 10.1 Å². The number of thiocarbonyl (C=S) groups is 1. The third-order valence-electron chi connectivity index (χ3n) is 4.17. The van der Waals surface area contributed by atoms with Crippen molar-refractivity contribution < 1.29 is 19.0 Å². The molecule has 0 saturated heterocycles. The predicted octanol–water partition coefficient (Wildman–Crippen LogP) is 2.97. The Morgan fingerprint density at radius 3 is 2.74 bits per heavy atom. The summed E-state index contributed by atoms with van der Waals surface area (Å²) in [6.07, 6.45) is 0. The van der Waals surface area contributed by atoms with E-state index in [1.807, 2.05) is 0 Å². The molecule has 27 heavy (non-hydrogen) atoms. The number of rotatable bonds is 4. The predicted molar refractivity (Wildman–Crippen MR) is 104 cm³/mol. The second kappa shape index (κ2) is 7.63. The van der Waals surface area contributed by atoms with Gasteiger partial charge in [-0.25, -0.2) is 4.39 Å². The lowest BCUT2D eigenvalue weighted by atomic mass is 9.94. The molecule has 1 aliphatic rings. The zero-order chi connectivity index (χ0) is 19.6. The van der Waals surface area contributed by atoms with Crippen molar-refractivity contribution in [3.05, 3.63) is 65.1 Å². The standard InChI is InChI=1S/C19H18FN3O3S/c1-10-16(18(25)22-13-6-4-3-5-12(13)20)17(23-19(27)21-10)11-7-8-14(24)15(9-11)26-2/h3-9,17,24H,1-2H3,(H,22,25)(H2,21,23,27)/t17-/m0/s1. The molecule has 6 nitrogen and oxygen atoms in total. The van der Waals surface area contributed by atoms with Gasteiger partial charge < -0.3 is 25.8 Å². The van der Waals surface area contributed by atoms with E-state index in [4.69, 9.17) is 17.0 Å². The van der Waals surface area contributed by atoms with Crippen LogP contribution in [0.15, 0.2) is 53.7 Å². The smallest absolute Gasteiger partial charge is 0.255 e. The van der Waals surface area contributed by atoms with Gasteiger partial charge in [0.2, 0.25) is 0 Å². The summed E-state index contributed by atoms with van der Waals surface area (Å²) >= 11 is 5.21. The molecule has 3 rings (SSSR count). The summed E-state index contributed by atoms with van der Waals surface area (Å²) in [6.45, 7) is 1.72. The number of hydrogen-bond acceptors (Lipinski definition) is 4. The van der Waals surface area contributed by atoms with Gasteiger partial charge in [-0.05, 0) is 49.0 Å². The molecule has 0 radical (unpaired) electrons. The SMILES string of the molecule is COc1cc([C@@H]2NC(=S)NC(C)=C2C(=O)Nc2ccccc2F)ccc1O. The van der Waals surface area contributed by atoms with Crippen molar-refractivity contribution in [2.24, 2.45) is 0 Å². The Morgan fingerprint density at radius 2 is 2.04 bits per heavy atom. The number of halogens is 1. The van der Waals surface area contributed by atoms with E-state index in [1.54, 1.807) is 31.2 Å². The van der Waals surface area contributed by atoms with Crippen LogP contribution in [0, 0.1) is 5.82 Å². The highest BCUT2D eigenvalue weighted by molar-refractivity contribution is 7.80. The molecular formula is C19H18FN3O3S. The normalized spacial score (nSPS) is 16.4. The molecule has 1 heterocycles. The van der Waals surface area contributed by atoms with Gasteiger partial charge in [0.15, 0.2) is 16.6 Å². The molecule has 8 heteroatoms. The number of methoxy groups -OCH3 is 1. The van der Waals surface area contributed by atoms with Crippen LogP contribution in [0.5, 0.6) is 11.5 Å². The summed E-state index contributed by atoms with van der Waals surface area (Å²) in [5.74, 6) is -0.752. The molecule has 0 unspecified atom stereocenters. The maximum atomic E-state index is 13.9. The molecule has 140 valence electrons. The largest absolute Gasteiger partial charge is 0.504 e. The average Bonchev–Trinajstić information content (AvgIpc) is 2.63. The van der Waals surface area contributed by atoms with E-state index in [9.17, 15) is 14.3 Å². The van der Waals surface area contributed by atoms with Gasteiger partial charge in [0.05, 0.1) is 24.4 Å². The van der Waals surface area contributed by atoms with Gasteiger partial charge >= 0.3 is 0 Å². The first-order valence-corrected chi connectivity index (χ1v) is 8.52. The number of allylic oxidation sites excluding steroid dienone is 1. The van der Waals surface area contributed by atoms with Gasteiger partial charge in [-0.15, -0.1) is 0 Å². The van der Waals surface area contributed by atoms with E-state index in [0.717, 1.165) is 0 Å². The Hall–Kier alpha value is -3.13. The zero-order valence-electron chi connectivity index (χ0n) is 14.7. The highest BCUT2D eigenvalue weighted by Gasteiger charge is 2.30. The zero-order valence-corrected chi connectivity index (χ0v) is 15.5. The van der Waals surface area contributed by atoms with Crippen molar-refractivity contribution >= 4 is 28.9 Å². The summed E-state index contributed by atoms with van der Waals surface area (Å²) in [5.41, 5.74) is 1.63. The number of ether oxygens (including phenoxy) is 1. The molecule has 0 aliphatic carbocycles. The minimum Gasteiger partial charge on any atom is -0.504 e. The van der Waals surface area contributed by atoms with Crippen LogP contribution in [0.3, 0.4) is 0 Å². The Kier molecular flexibility index (Phi) is 5.27. The Balaban J connectivity index is 1.99. The molecule has 0 aromatic heterocycles. The lowest BCUT2D eigenvalue weighted by Crippen LogP contribution is -2.45. The number of aromatic hydroxyl groups is 1. The van der Waals surface area contributed by atoms with Crippen molar-refractivity contribution in [3.8, 4) is 11.5 Å². The number of para-hydroxylation sites is 1. The van der Waals surface area contributed by atoms with Crippen molar-refractivity contribution in [1.82, 2.24) is 10.6 Å². The lowest BCUT2D eigenvalue weighted by molar-refractivity contribution is -0.113. The number of carbonyl (C=O) groups excluding carboxylic acids is 1. The van der Waals surface area contributed by atoms with Gasteiger partial charge in [0.1, 0.15) is 5.82 Å². The molecule has 1 atom stereocenters. The van der Waals surface area contributed by atoms with E-state index in [0.29, 0.717) is 21.9 Å². The Morgan fingerprint density at radius 1 is 1.30 bits per heavy atom. The Bertz CT molecular complexity index is 946. The number of anilines is 1. The third-order valence-corrected chi connectivity index (χ3v) is 4.39. The first-order chi connectivity index (χ1) is 12.9. The number of benzene rings is 2. The van der Waals surface area contributed by atoms with E-state index in [2.05, 4.69) is 16.0 Å². The molecule has 1 aliphatic heterocycles. The summed E-state index contributed by atoms with van der Waals surface area (Å²) in [4.78, 5) is 12.9. The summed E-state index contributed by atoms with van der Waals surface area (Å²) < 4.78 is 19.1. The molecule has 2 aromatic carbocycles. The van der Waals surface area contributed by atoms with E-state index >= 15 is 0 Å². The van der Waals surface area contributed by atoms with Crippen molar-refractivity contribution in [1.29, 1.82) is 0 Å². The number of hydrogen-bond donors (Lipinski definition) is 4. The fourth-order valence-corrected chi connectivity index (χ4v) is 3.14. The van der Waals surface area contributed by atoms with E-state index < -0.39 is 17.8 Å². The van der Waals surface area contributed by atoms with Crippen LogP contribution in [-0.4, -0.2) is 23.2 Å². The van der Waals surface area contributed by atoms with Gasteiger partial charge in [-0.1, -0.05) is 18.2 Å². The molecule has 0 fully saturated rings. The van der Waals surface area contributed by atoms with Crippen molar-refractivity contribution in [3.63, 3.8) is 0 Å². The summed E-state index contributed by atoms with van der Waals surface area (Å²) in [5, 5.41) is 18.7. The highest BCUT2D eigenvalue weighted by Crippen LogP contribution is 2.34. The molecule has 4 N–H and O–H groups in total. The van der Waals surface area contributed by atoms with Crippen LogP contribution in [-0.2, 0) is 4.79 Å². The monoisotopic (exact) mass is 387 g/mol. The minimum absolute atomic E-state index is 0.0178. The third kappa shape index (κ3) is 3.85. The van der Waals surface area contributed by atoms with Crippen LogP contribution in [0.1, 0.15) is 18.5 Å². The van der Waals surface area contributed by atoms with Crippen LogP contribution in [0.2, 0.25) is 0 Å². The molecule has 0 saturated carbocycles. The van der Waals surface area contributed by atoms with Crippen LogP contribution in [0.25, 0.3) is 0 Å². The molecule has 0 bridgehead atoms. The topological polar surface area (TPSA) is 82.6 Å². The number of amides is 1. The quantitative estimate of drug-likeness (QED) is 0.604. The fourth-order valence-electron chi connectivity index (χ4n) is 2.87. The number of nitrogens with one attached hydrogen (secondary N) is 3. The van der Waals surface area contributed by atoms with Gasteiger partial charge in [0.25, 0.3) is 5.91 Å². The maximum absolute atomic E-state index is 13.9. The molecular weight excluding hydrogens is 369 g/mol. The number of carbonyl (C=O) groups is 1. The van der Waals surface area contributed by atoms with Gasteiger partial charge in [-0.2, -0.15) is 0 Å². The maximum Gasteiger partial charge on any atom is 0.255 e. The van der Waals surface area contributed by atoms with Crippen molar-refractivity contribution in [2.45, 2.75) is 13.0 Å². The minimum atomic E-state index is -0.597. The lowest BCUT2D eigenvalue weighted by Gasteiger charge is -2.30. The van der Waals surface area contributed by atoms with Crippen LogP contribution >= 0.6 is 12.2 Å². The summed E-state index contributed by atoms with van der Waals surface area (Å²) in [7, 11) is 1.44. The first kappa shape index (κ1) is 18.7. The second-order valence-corrected chi connectivity index (χ2v) is 6.34. The highest BCUT2D eigenvalue weighted by atomic mass is 32.1. The first-order valence-electron chi connectivity index (χ1n) is 8.11. The Labute approximate surface area is 161 Å². The van der Waals surface area contributed by atoms with Crippen molar-refractivity contribution in [2.75, 3.05) is 12.4 Å². The molecule has 0 spiro atoms. The number of phenolic OH excluding ortho intramolecular Hbond substituents is 1. The molecule has 2 aromatic rings. The second-order valence-electron chi connectivity index (χ2n) is 5.94. The van der Waals surface area contributed by atoms with E-state index in [1.165, 1.54) is 25.3 Å². The fraction of sp³-hybridized carbons (Fsp3) is 0.158. The van der Waals surface area contributed by atoms with Gasteiger partial charge in [0, 0.05) is 5.70 Å². The average molecular weight is 387 g/mol. The summed E-state index contributed by atoms with van der Waals surface area (Å²) in [6, 6.07) is 10.1. The number of phenols is 1. The molecule has 1 amide bonds. The van der Waals surface area contributed by atoms with Gasteiger partial charge in [-0.3, -0.25) is 4.79 Å². The van der Waals surface area contributed by atoms with Crippen LogP contribution < -0.4 is 20.7 Å². The van der Waals surface area contributed by atoms with E-state index in [-0.39, 0.29) is 17.2 Å².